The molecule has 0 spiro atoms. The molecule has 0 saturated carbocycles. The minimum Gasteiger partial charge on any atom is -0.486 e. The number of unbranched alkanes of at least 4 members (excludes halogenated alkanes) is 2. The molecule has 2 rings (SSSR count). The summed E-state index contributed by atoms with van der Waals surface area (Å²) in [6.07, 6.45) is 6.84. The Bertz CT molecular complexity index is 477. The number of carbonyl (C=O) groups excluding carboxylic acids is 1. The molecule has 0 unspecified atom stereocenters. The summed E-state index contributed by atoms with van der Waals surface area (Å²) in [4.78, 5) is 12.0. The summed E-state index contributed by atoms with van der Waals surface area (Å²) in [5.41, 5.74) is 0. The van der Waals surface area contributed by atoms with Crippen LogP contribution in [0.15, 0.2) is 43.0 Å². The van der Waals surface area contributed by atoms with E-state index in [0.717, 1.165) is 25.7 Å². The Hall–Kier alpha value is -1.65. The number of allylic oxidation sites excluding steroid dienone is 1. The second kappa shape index (κ2) is 9.48. The Morgan fingerprint density at radius 1 is 1.17 bits per heavy atom. The molecular formula is C19H26O4. The van der Waals surface area contributed by atoms with Crippen molar-refractivity contribution in [3.05, 3.63) is 43.0 Å². The van der Waals surface area contributed by atoms with Gasteiger partial charge in [-0.2, -0.15) is 0 Å². The highest BCUT2D eigenvalue weighted by Gasteiger charge is 2.36. The minimum atomic E-state index is -0.580. The Labute approximate surface area is 138 Å². The Kier molecular flexibility index (Phi) is 7.30. The topological polar surface area (TPSA) is 44.8 Å². The number of hydrogen-bond acceptors (Lipinski definition) is 4. The summed E-state index contributed by atoms with van der Waals surface area (Å²) in [6.45, 7) is 5.04. The molecule has 0 amide bonds. The van der Waals surface area contributed by atoms with Crippen molar-refractivity contribution in [2.75, 3.05) is 19.8 Å². The summed E-state index contributed by atoms with van der Waals surface area (Å²) in [7, 11) is 0. The molecule has 1 heterocycles. The zero-order valence-corrected chi connectivity index (χ0v) is 13.7. The first-order chi connectivity index (χ1) is 11.2. The van der Waals surface area contributed by atoms with Gasteiger partial charge in [0.2, 0.25) is 0 Å². The van der Waals surface area contributed by atoms with E-state index in [4.69, 9.17) is 14.2 Å². The van der Waals surface area contributed by atoms with Gasteiger partial charge in [-0.25, -0.2) is 0 Å². The molecule has 0 atom stereocenters. The van der Waals surface area contributed by atoms with Gasteiger partial charge in [-0.15, -0.1) is 6.58 Å². The second-order valence-corrected chi connectivity index (χ2v) is 5.78. The molecule has 126 valence electrons. The van der Waals surface area contributed by atoms with Gasteiger partial charge in [0.15, 0.2) is 11.6 Å². The lowest BCUT2D eigenvalue weighted by molar-refractivity contribution is -0.170. The predicted molar refractivity (Wildman–Crippen MR) is 89.5 cm³/mol. The molecule has 1 fully saturated rings. The lowest BCUT2D eigenvalue weighted by atomic mass is 10.0. The van der Waals surface area contributed by atoms with Crippen LogP contribution >= 0.6 is 0 Å². The molecule has 1 aliphatic heterocycles. The van der Waals surface area contributed by atoms with E-state index in [2.05, 4.69) is 6.58 Å². The third-order valence-electron chi connectivity index (χ3n) is 3.96. The predicted octanol–water partition coefficient (Wildman–Crippen LogP) is 3.90. The van der Waals surface area contributed by atoms with Crippen LogP contribution in [0.4, 0.5) is 0 Å². The van der Waals surface area contributed by atoms with E-state index in [1.165, 1.54) is 0 Å². The number of ether oxygens (including phenoxy) is 3. The fourth-order valence-electron chi connectivity index (χ4n) is 2.68. The van der Waals surface area contributed by atoms with Gasteiger partial charge in [0, 0.05) is 19.3 Å². The van der Waals surface area contributed by atoms with Gasteiger partial charge in [0.1, 0.15) is 12.4 Å². The first kappa shape index (κ1) is 17.7. The molecule has 1 aromatic rings. The molecule has 1 aliphatic rings. The van der Waals surface area contributed by atoms with Crippen LogP contribution in [0.2, 0.25) is 0 Å². The molecule has 23 heavy (non-hydrogen) atoms. The van der Waals surface area contributed by atoms with E-state index in [0.29, 0.717) is 31.8 Å². The SMILES string of the molecule is C=CCCCCC1(CCC(=O)COc2ccccc2)OCCO1. The Morgan fingerprint density at radius 3 is 2.61 bits per heavy atom. The maximum Gasteiger partial charge on any atom is 0.170 e. The molecular weight excluding hydrogens is 292 g/mol. The first-order valence-corrected chi connectivity index (χ1v) is 8.32. The zero-order valence-electron chi connectivity index (χ0n) is 13.7. The van der Waals surface area contributed by atoms with E-state index in [9.17, 15) is 4.79 Å². The fourth-order valence-corrected chi connectivity index (χ4v) is 2.68. The van der Waals surface area contributed by atoms with E-state index >= 15 is 0 Å². The van der Waals surface area contributed by atoms with Crippen molar-refractivity contribution in [3.8, 4) is 5.75 Å². The largest absolute Gasteiger partial charge is 0.486 e. The molecule has 0 N–H and O–H groups in total. The second-order valence-electron chi connectivity index (χ2n) is 5.78. The van der Waals surface area contributed by atoms with Crippen LogP contribution in [-0.2, 0) is 14.3 Å². The van der Waals surface area contributed by atoms with Crippen LogP contribution in [0.5, 0.6) is 5.75 Å². The normalized spacial score (nSPS) is 16.2. The maximum atomic E-state index is 12.0. The van der Waals surface area contributed by atoms with Gasteiger partial charge < -0.3 is 14.2 Å². The van der Waals surface area contributed by atoms with Crippen molar-refractivity contribution >= 4 is 5.78 Å². The maximum absolute atomic E-state index is 12.0. The number of carbonyl (C=O) groups is 1. The zero-order chi connectivity index (χ0) is 16.4. The van der Waals surface area contributed by atoms with Gasteiger partial charge in [-0.3, -0.25) is 4.79 Å². The number of hydrogen-bond donors (Lipinski definition) is 0. The van der Waals surface area contributed by atoms with Crippen molar-refractivity contribution in [2.24, 2.45) is 0 Å². The first-order valence-electron chi connectivity index (χ1n) is 8.32. The monoisotopic (exact) mass is 318 g/mol. The van der Waals surface area contributed by atoms with Crippen molar-refractivity contribution < 1.29 is 19.0 Å². The van der Waals surface area contributed by atoms with Gasteiger partial charge in [0.25, 0.3) is 0 Å². The van der Waals surface area contributed by atoms with Crippen LogP contribution in [-0.4, -0.2) is 31.4 Å². The average Bonchev–Trinajstić information content (AvgIpc) is 3.05. The third kappa shape index (κ3) is 6.16. The van der Waals surface area contributed by atoms with E-state index in [-0.39, 0.29) is 12.4 Å². The number of benzene rings is 1. The smallest absolute Gasteiger partial charge is 0.170 e. The van der Waals surface area contributed by atoms with Crippen LogP contribution in [0.3, 0.4) is 0 Å². The van der Waals surface area contributed by atoms with Gasteiger partial charge in [-0.05, 0) is 31.4 Å². The number of Topliss-reactive ketones (excluding diaryl/α,β-unsaturated/α-hetero) is 1. The minimum absolute atomic E-state index is 0.0680. The van der Waals surface area contributed by atoms with E-state index in [1.807, 2.05) is 36.4 Å². The molecule has 0 aromatic heterocycles. The van der Waals surface area contributed by atoms with Crippen molar-refractivity contribution in [1.82, 2.24) is 0 Å². The number of ketones is 1. The summed E-state index contributed by atoms with van der Waals surface area (Å²) in [5, 5.41) is 0. The van der Waals surface area contributed by atoms with Crippen molar-refractivity contribution in [3.63, 3.8) is 0 Å². The van der Waals surface area contributed by atoms with Crippen LogP contribution in [0, 0.1) is 0 Å². The highest BCUT2D eigenvalue weighted by Crippen LogP contribution is 2.31. The average molecular weight is 318 g/mol. The number of rotatable bonds is 11. The lowest BCUT2D eigenvalue weighted by Gasteiger charge is -2.27. The molecule has 4 heteroatoms. The fraction of sp³-hybridized carbons (Fsp3) is 0.526. The standard InChI is InChI=1S/C19H26O4/c1-2-3-4-8-12-19(22-14-15-23-19)13-11-17(20)16-21-18-9-6-5-7-10-18/h2,5-7,9-10H,1,3-4,8,11-16H2. The van der Waals surface area contributed by atoms with Crippen LogP contribution in [0.1, 0.15) is 38.5 Å². The highest BCUT2D eigenvalue weighted by molar-refractivity contribution is 5.80. The molecule has 1 aromatic carbocycles. The Morgan fingerprint density at radius 2 is 1.91 bits per heavy atom. The Balaban J connectivity index is 1.72. The molecule has 1 saturated heterocycles. The lowest BCUT2D eigenvalue weighted by Crippen LogP contribution is -2.31. The quantitative estimate of drug-likeness (QED) is 0.458. The van der Waals surface area contributed by atoms with Crippen molar-refractivity contribution in [1.29, 1.82) is 0 Å². The van der Waals surface area contributed by atoms with Gasteiger partial charge >= 0.3 is 0 Å². The summed E-state index contributed by atoms with van der Waals surface area (Å²) in [5.74, 6) is 0.204. The van der Waals surface area contributed by atoms with Crippen LogP contribution in [0.25, 0.3) is 0 Å². The highest BCUT2D eigenvalue weighted by atomic mass is 16.7. The molecule has 4 nitrogen and oxygen atoms in total. The number of para-hydroxylation sites is 1. The van der Waals surface area contributed by atoms with Crippen molar-refractivity contribution in [2.45, 2.75) is 44.3 Å². The van der Waals surface area contributed by atoms with Crippen LogP contribution < -0.4 is 4.74 Å². The van der Waals surface area contributed by atoms with E-state index < -0.39 is 5.79 Å². The summed E-state index contributed by atoms with van der Waals surface area (Å²) >= 11 is 0. The van der Waals surface area contributed by atoms with Gasteiger partial charge in [-0.1, -0.05) is 24.3 Å². The summed E-state index contributed by atoms with van der Waals surface area (Å²) < 4.78 is 17.1. The summed E-state index contributed by atoms with van der Waals surface area (Å²) in [6, 6.07) is 9.38. The molecule has 0 bridgehead atoms. The molecule has 0 radical (unpaired) electrons. The third-order valence-corrected chi connectivity index (χ3v) is 3.96. The van der Waals surface area contributed by atoms with E-state index in [1.54, 1.807) is 0 Å². The van der Waals surface area contributed by atoms with Gasteiger partial charge in [0.05, 0.1) is 13.2 Å². The molecule has 0 aliphatic carbocycles.